The van der Waals surface area contributed by atoms with Crippen molar-refractivity contribution in [2.45, 2.75) is 4.90 Å². The predicted octanol–water partition coefficient (Wildman–Crippen LogP) is 1.37. The van der Waals surface area contributed by atoms with Crippen molar-refractivity contribution in [1.82, 2.24) is 19.9 Å². The number of nitrogens with one attached hydrogen (secondary N) is 1. The van der Waals surface area contributed by atoms with E-state index in [9.17, 15) is 13.6 Å². The fourth-order valence-corrected chi connectivity index (χ4v) is 2.90. The van der Waals surface area contributed by atoms with Gasteiger partial charge in [-0.15, -0.1) is 14.4 Å². The number of hydrogen-bond acceptors (Lipinski definition) is 5. The zero-order chi connectivity index (χ0) is 16.6. The topological polar surface area (TPSA) is 99.4 Å². The summed E-state index contributed by atoms with van der Waals surface area (Å²) in [6.45, 7) is 0. The molecule has 118 valence electrons. The second-order valence-corrected chi connectivity index (χ2v) is 7.06. The molecule has 0 spiro atoms. The number of fused-ring (bicyclic) bond motifs is 1. The molecule has 2 aromatic heterocycles. The summed E-state index contributed by atoms with van der Waals surface area (Å²) in [5.41, 5.74) is 1.63. The first-order valence-electron chi connectivity index (χ1n) is 6.77. The third-order valence-corrected chi connectivity index (χ3v) is 4.52. The smallest absolute Gasteiger partial charge is 0.252 e. The number of pyridine rings is 1. The Labute approximate surface area is 133 Å². The number of rotatable bonds is 3. The highest BCUT2D eigenvalue weighted by Crippen LogP contribution is 2.23. The maximum absolute atomic E-state index is 11.8. The van der Waals surface area contributed by atoms with Crippen LogP contribution in [0.1, 0.15) is 10.4 Å². The fourth-order valence-electron chi connectivity index (χ4n) is 2.23. The van der Waals surface area contributed by atoms with Gasteiger partial charge in [-0.25, -0.2) is 0 Å². The quantitative estimate of drug-likeness (QED) is 0.731. The maximum Gasteiger partial charge on any atom is 0.252 e. The number of benzene rings is 1. The van der Waals surface area contributed by atoms with Crippen LogP contribution in [0.3, 0.4) is 0 Å². The van der Waals surface area contributed by atoms with Gasteiger partial charge in [-0.05, 0) is 18.2 Å². The molecule has 1 atom stereocenters. The molecule has 7 nitrogen and oxygen atoms in total. The van der Waals surface area contributed by atoms with E-state index in [4.69, 9.17) is 0 Å². The summed E-state index contributed by atoms with van der Waals surface area (Å²) >= 11 is 0. The van der Waals surface area contributed by atoms with Crippen molar-refractivity contribution in [1.29, 1.82) is 0 Å². The lowest BCUT2D eigenvalue weighted by atomic mass is 10.2. The third kappa shape index (κ3) is 2.86. The van der Waals surface area contributed by atoms with E-state index >= 15 is 0 Å². The van der Waals surface area contributed by atoms with Gasteiger partial charge in [0.1, 0.15) is 6.26 Å². The molecular formula is C15H14N4O3S. The van der Waals surface area contributed by atoms with E-state index in [-0.39, 0.29) is 10.8 Å². The molecule has 0 radical (unpaired) electrons. The molecule has 1 unspecified atom stereocenters. The van der Waals surface area contributed by atoms with Gasteiger partial charge in [0.25, 0.3) is 5.91 Å². The minimum atomic E-state index is -3.32. The second kappa shape index (κ2) is 5.56. The van der Waals surface area contributed by atoms with Gasteiger partial charge in [0.05, 0.1) is 15.8 Å². The molecular weight excluding hydrogens is 316 g/mol. The Kier molecular flexibility index (Phi) is 3.70. The summed E-state index contributed by atoms with van der Waals surface area (Å²) in [6, 6.07) is 9.80. The molecule has 3 aromatic rings. The predicted molar refractivity (Wildman–Crippen MR) is 84.8 cm³/mol. The first-order chi connectivity index (χ1) is 10.9. The van der Waals surface area contributed by atoms with Gasteiger partial charge in [0.2, 0.25) is 0 Å². The summed E-state index contributed by atoms with van der Waals surface area (Å²) in [7, 11) is -1.77. The summed E-state index contributed by atoms with van der Waals surface area (Å²) in [6.07, 6.45) is 2.77. The summed E-state index contributed by atoms with van der Waals surface area (Å²) in [4.78, 5) is 12.0. The number of carbonyl (C=O) groups excluding carboxylic acids is 1. The molecule has 0 fully saturated rings. The van der Waals surface area contributed by atoms with Crippen LogP contribution in [0.4, 0.5) is 0 Å². The van der Waals surface area contributed by atoms with Crippen molar-refractivity contribution in [2.24, 2.45) is 0 Å². The van der Waals surface area contributed by atoms with E-state index in [1.165, 1.54) is 6.07 Å². The summed E-state index contributed by atoms with van der Waals surface area (Å²) in [5, 5.41) is 10.7. The van der Waals surface area contributed by atoms with Crippen molar-refractivity contribution >= 4 is 21.8 Å². The largest absolute Gasteiger partial charge is 0.610 e. The monoisotopic (exact) mass is 330 g/mol. The number of nitrogens with zero attached hydrogens (tertiary/aromatic N) is 3. The van der Waals surface area contributed by atoms with Gasteiger partial charge >= 0.3 is 0 Å². The van der Waals surface area contributed by atoms with E-state index in [1.54, 1.807) is 48.0 Å². The van der Waals surface area contributed by atoms with Crippen LogP contribution in [0.5, 0.6) is 0 Å². The molecule has 3 rings (SSSR count). The van der Waals surface area contributed by atoms with E-state index in [2.05, 4.69) is 15.5 Å². The standard InChI is InChI=1S/C15H14N4O3S/c1-16-15(20)11-6-7-13-17-18-14(19(13)9-11)10-4-3-5-12(8-10)23(2,21)22/h3-9H,1-2H3,(H-,16,20,21,22). The van der Waals surface area contributed by atoms with Crippen molar-refractivity contribution in [3.8, 4) is 11.4 Å². The highest BCUT2D eigenvalue weighted by molar-refractivity contribution is 7.97. The number of carbonyl (C=O) groups is 1. The SMILES string of the molecule is CNC(=O)c1ccc2nnc(-c3cccc([S+](C)(=O)[O-])c3)n2c1. The molecule has 0 saturated heterocycles. The number of amides is 1. The molecule has 23 heavy (non-hydrogen) atoms. The zero-order valence-electron chi connectivity index (χ0n) is 12.5. The zero-order valence-corrected chi connectivity index (χ0v) is 13.3. The van der Waals surface area contributed by atoms with Crippen molar-refractivity contribution < 1.29 is 13.6 Å². The third-order valence-electron chi connectivity index (χ3n) is 3.41. The molecule has 1 aromatic carbocycles. The van der Waals surface area contributed by atoms with Gasteiger partial charge in [-0.2, -0.15) is 0 Å². The normalized spacial score (nSPS) is 13.7. The Bertz CT molecular complexity index is 945. The van der Waals surface area contributed by atoms with Gasteiger partial charge in [0, 0.05) is 24.9 Å². The number of aromatic nitrogens is 3. The van der Waals surface area contributed by atoms with E-state index in [0.29, 0.717) is 22.6 Å². The Morgan fingerprint density at radius 2 is 2.04 bits per heavy atom. The Hall–Kier alpha value is -2.58. The van der Waals surface area contributed by atoms with Gasteiger partial charge in [0.15, 0.2) is 16.4 Å². The highest BCUT2D eigenvalue weighted by Gasteiger charge is 2.16. The van der Waals surface area contributed by atoms with Crippen LogP contribution in [-0.2, 0) is 14.4 Å². The summed E-state index contributed by atoms with van der Waals surface area (Å²) in [5.74, 6) is 0.243. The van der Waals surface area contributed by atoms with E-state index in [0.717, 1.165) is 6.26 Å². The van der Waals surface area contributed by atoms with E-state index < -0.39 is 10.2 Å². The lowest BCUT2D eigenvalue weighted by Gasteiger charge is -2.09. The molecule has 1 amide bonds. The molecule has 2 heterocycles. The fraction of sp³-hybridized carbons (Fsp3) is 0.133. The Morgan fingerprint density at radius 3 is 2.74 bits per heavy atom. The van der Waals surface area contributed by atoms with Crippen LogP contribution < -0.4 is 5.32 Å². The lowest BCUT2D eigenvalue weighted by Crippen LogP contribution is -2.18. The molecule has 0 aliphatic carbocycles. The molecule has 0 aliphatic rings. The minimum Gasteiger partial charge on any atom is -0.610 e. The van der Waals surface area contributed by atoms with Crippen LogP contribution in [0, 0.1) is 0 Å². The molecule has 1 N–H and O–H groups in total. The molecule has 8 heteroatoms. The van der Waals surface area contributed by atoms with E-state index in [1.807, 2.05) is 0 Å². The van der Waals surface area contributed by atoms with Crippen molar-refractivity contribution in [3.63, 3.8) is 0 Å². The molecule has 0 saturated carbocycles. The first kappa shape index (κ1) is 15.3. The van der Waals surface area contributed by atoms with Crippen molar-refractivity contribution in [3.05, 3.63) is 48.2 Å². The van der Waals surface area contributed by atoms with Crippen LogP contribution >= 0.6 is 0 Å². The lowest BCUT2D eigenvalue weighted by molar-refractivity contribution is 0.0962. The minimum absolute atomic E-state index is 0.203. The molecule has 0 aliphatic heterocycles. The first-order valence-corrected chi connectivity index (χ1v) is 8.66. The van der Waals surface area contributed by atoms with Crippen LogP contribution in [-0.4, -0.2) is 38.4 Å². The maximum atomic E-state index is 11.8. The number of hydrogen-bond donors (Lipinski definition) is 1. The number of sulfone groups is 1. The highest BCUT2D eigenvalue weighted by atomic mass is 32.3. The molecule has 0 bridgehead atoms. The second-order valence-electron chi connectivity index (χ2n) is 5.05. The summed E-state index contributed by atoms with van der Waals surface area (Å²) < 4.78 is 25.1. The van der Waals surface area contributed by atoms with Gasteiger partial charge < -0.3 is 9.87 Å². The van der Waals surface area contributed by atoms with Gasteiger partial charge in [-0.1, -0.05) is 12.1 Å². The van der Waals surface area contributed by atoms with Crippen LogP contribution in [0.2, 0.25) is 0 Å². The Balaban J connectivity index is 2.17. The average molecular weight is 330 g/mol. The Morgan fingerprint density at radius 1 is 1.26 bits per heavy atom. The van der Waals surface area contributed by atoms with Crippen molar-refractivity contribution in [2.75, 3.05) is 13.3 Å². The average Bonchev–Trinajstić information content (AvgIpc) is 2.96. The van der Waals surface area contributed by atoms with Gasteiger partial charge in [-0.3, -0.25) is 9.20 Å². The van der Waals surface area contributed by atoms with Crippen LogP contribution in [0.25, 0.3) is 17.0 Å². The van der Waals surface area contributed by atoms with Crippen LogP contribution in [0.15, 0.2) is 47.5 Å².